The van der Waals surface area contributed by atoms with Gasteiger partial charge in [-0.2, -0.15) is 79.0 Å². The van der Waals surface area contributed by atoms with Crippen LogP contribution in [0.15, 0.2) is 146 Å². The third kappa shape index (κ3) is 34.4. The van der Waals surface area contributed by atoms with E-state index in [1.54, 1.807) is 33.8 Å². The van der Waals surface area contributed by atoms with Crippen LogP contribution in [0.1, 0.15) is 247 Å². The first-order chi connectivity index (χ1) is 48.6. The van der Waals surface area contributed by atoms with E-state index in [1.165, 1.54) is 74.0 Å². The van der Waals surface area contributed by atoms with Gasteiger partial charge in [0, 0.05) is 26.2 Å². The number of halogens is 25. The molecule has 8 aromatic carbocycles. The van der Waals surface area contributed by atoms with Crippen molar-refractivity contribution in [2.45, 2.75) is 209 Å². The Morgan fingerprint density at radius 2 is 0.607 bits per heavy atom. The first-order valence-corrected chi connectivity index (χ1v) is 34.8. The number of hydrogen-bond donors (Lipinski definition) is 0. The molecule has 0 atom stereocenters. The maximum Gasteiger partial charge on any atom is 0.416 e. The molecule has 0 aliphatic rings. The Hall–Kier alpha value is -6.75. The van der Waals surface area contributed by atoms with Gasteiger partial charge in [-0.15, -0.1) is 0 Å². The van der Waals surface area contributed by atoms with Crippen LogP contribution in [0.4, 0.5) is 92.2 Å². The summed E-state index contributed by atoms with van der Waals surface area (Å²) in [6.07, 6.45) is -26.5. The largest absolute Gasteiger partial charge is 0.496 e. The van der Waals surface area contributed by atoms with Crippen molar-refractivity contribution >= 4 is 46.4 Å². The van der Waals surface area contributed by atoms with E-state index in [1.807, 2.05) is 72.7 Å². The van der Waals surface area contributed by atoms with Gasteiger partial charge < -0.3 is 4.74 Å². The van der Waals surface area contributed by atoms with Crippen LogP contribution in [-0.4, -0.2) is 7.11 Å². The molecule has 0 aliphatic heterocycles. The van der Waals surface area contributed by atoms with Crippen molar-refractivity contribution in [3.05, 3.63) is 272 Å². The summed E-state index contributed by atoms with van der Waals surface area (Å²) in [6, 6.07) is 30.1. The van der Waals surface area contributed by atoms with E-state index in [4.69, 9.17) is 51.1 Å². The smallest absolute Gasteiger partial charge is 0.416 e. The first-order valence-electron chi connectivity index (χ1n) is 33.3. The molecule has 0 spiro atoms. The van der Waals surface area contributed by atoms with E-state index in [9.17, 15) is 92.2 Å². The van der Waals surface area contributed by atoms with E-state index in [2.05, 4.69) is 40.7 Å². The van der Waals surface area contributed by atoms with Gasteiger partial charge in [-0.25, -0.2) is 13.2 Å². The normalized spacial score (nSPS) is 11.9. The van der Waals surface area contributed by atoms with Crippen LogP contribution < -0.4 is 4.74 Å². The van der Waals surface area contributed by atoms with Crippen molar-refractivity contribution < 1.29 is 96.9 Å². The molecule has 0 aliphatic carbocycles. The number of rotatable bonds is 9. The van der Waals surface area contributed by atoms with Crippen LogP contribution >= 0.6 is 46.4 Å². The lowest BCUT2D eigenvalue weighted by Crippen LogP contribution is -2.13. The molecule has 0 bridgehead atoms. The monoisotopic (exact) mass is 1620 g/mol. The lowest BCUT2D eigenvalue weighted by molar-refractivity contribution is -0.142. The highest BCUT2D eigenvalue weighted by atomic mass is 35.5. The van der Waals surface area contributed by atoms with Crippen molar-refractivity contribution in [1.82, 2.24) is 0 Å². The maximum absolute atomic E-state index is 13.0. The highest BCUT2D eigenvalue weighted by molar-refractivity contribution is 6.34. The SMILES string of the molecule is CC(C)c1cc(C(F)(F)F)ccc1C(F)(F)F.CC(C)c1cc(C(F)(F)F)ccc1Cl.CC(C)c1cc(C(F)(F)F)ccc1F.CC(C)c1cc(Cl)cc(Cl)c1.CC(C)c1cc(F)cc(F)c1.COc1ccc(C(F)(F)F)cc1C(C)C.Cc1cc(Cl)ccc1C(C)C.Cc1ccc(C(F)(F)F)cc1C(C)C. The highest BCUT2D eigenvalue weighted by Gasteiger charge is 2.38. The fraction of sp³-hybridized carbons (Fsp3) is 0.407. The summed E-state index contributed by atoms with van der Waals surface area (Å²) < 4.78 is 266. The molecule has 594 valence electrons. The van der Waals surface area contributed by atoms with Crippen molar-refractivity contribution in [2.75, 3.05) is 7.11 Å². The zero-order valence-corrected chi connectivity index (χ0v) is 65.4. The minimum absolute atomic E-state index is 0.00208. The number of aryl methyl sites for hydroxylation is 2. The maximum atomic E-state index is 13.0. The summed E-state index contributed by atoms with van der Waals surface area (Å²) in [5.41, 5.74) is 2.36. The molecule has 107 heavy (non-hydrogen) atoms. The Labute approximate surface area is 634 Å². The van der Waals surface area contributed by atoms with Gasteiger partial charge in [0.05, 0.1) is 40.5 Å². The number of hydrogen-bond acceptors (Lipinski definition) is 1. The number of benzene rings is 8. The summed E-state index contributed by atoms with van der Waals surface area (Å²) in [7, 11) is 1.45. The molecule has 0 amide bonds. The van der Waals surface area contributed by atoms with E-state index in [-0.39, 0.29) is 40.7 Å². The second-order valence-corrected chi connectivity index (χ2v) is 28.6. The quantitative estimate of drug-likeness (QED) is 0.131. The Bertz CT molecular complexity index is 3790. The van der Waals surface area contributed by atoms with Crippen molar-refractivity contribution in [2.24, 2.45) is 0 Å². The Morgan fingerprint density at radius 1 is 0.271 bits per heavy atom. The lowest BCUT2D eigenvalue weighted by Gasteiger charge is -2.17. The standard InChI is InChI=1S/C11H10F6.C11H13F3O.C11H13F3.C10H10ClF3.C10H13Cl.C10H10F4.C9H10Cl2.C9H10F2/c1-6(2)8-5-7(10(12,13)14)3-4-9(8)11(15,16)17;1-7(2)9-6-8(11(12,13)14)4-5-10(9)15-3;1-7(2)10-6-9(11(12,13)14)5-4-8(10)3;1-6(2)8-5-7(10(12,13)14)3-4-9(8)11;1-7(2)10-5-4-9(11)6-8(10)3;1-6(2)8-5-7(10(12,13)14)3-4-9(8)11;2*1-6(2)7-3-8(10)5-9(11)4-7/h3-6H,1-2H3;4-7H,1-3H3;4-7H,1-3H3;3-6H,1-2H3;4-7H,1-3H3;3-6H,1-2H3;2*3-6H,1-2H3. The highest BCUT2D eigenvalue weighted by Crippen LogP contribution is 2.41. The molecule has 0 aromatic heterocycles. The van der Waals surface area contributed by atoms with Crippen LogP contribution in [0.3, 0.4) is 0 Å². The van der Waals surface area contributed by atoms with Gasteiger partial charge in [0.1, 0.15) is 23.2 Å². The second kappa shape index (κ2) is 42.4. The molecule has 0 N–H and O–H groups in total. The molecule has 0 unspecified atom stereocenters. The van der Waals surface area contributed by atoms with E-state index in [0.29, 0.717) is 67.5 Å². The Kier molecular flexibility index (Phi) is 39.0. The molecule has 0 saturated heterocycles. The summed E-state index contributed by atoms with van der Waals surface area (Å²) in [5.74, 6) is -0.636. The minimum Gasteiger partial charge on any atom is -0.496 e. The van der Waals surface area contributed by atoms with Gasteiger partial charge in [0.2, 0.25) is 0 Å². The van der Waals surface area contributed by atoms with Gasteiger partial charge in [0.15, 0.2) is 0 Å². The van der Waals surface area contributed by atoms with Crippen molar-refractivity contribution in [1.29, 1.82) is 0 Å². The third-order valence-corrected chi connectivity index (χ3v) is 16.6. The molecule has 0 heterocycles. The zero-order chi connectivity index (χ0) is 83.2. The Morgan fingerprint density at radius 3 is 0.972 bits per heavy atom. The van der Waals surface area contributed by atoms with Gasteiger partial charge in [-0.3, -0.25) is 0 Å². The zero-order valence-electron chi connectivity index (χ0n) is 62.3. The van der Waals surface area contributed by atoms with Crippen LogP contribution in [0, 0.1) is 31.3 Å². The average Bonchev–Trinajstić information content (AvgIpc) is 0.810. The predicted octanol–water partition coefficient (Wildman–Crippen LogP) is 32.2. The second-order valence-electron chi connectivity index (χ2n) is 26.9. The van der Waals surface area contributed by atoms with Crippen LogP contribution in [-0.2, 0) is 37.1 Å². The molecule has 26 heteroatoms. The van der Waals surface area contributed by atoms with Gasteiger partial charge >= 0.3 is 37.1 Å². The molecule has 0 radical (unpaired) electrons. The summed E-state index contributed by atoms with van der Waals surface area (Å²) in [4.78, 5) is 0. The molecule has 8 aromatic rings. The first kappa shape index (κ1) is 98.3. The van der Waals surface area contributed by atoms with E-state index in [0.717, 1.165) is 70.7 Å². The molecule has 1 nitrogen and oxygen atoms in total. The van der Waals surface area contributed by atoms with Crippen LogP contribution in [0.5, 0.6) is 5.75 Å². The van der Waals surface area contributed by atoms with Crippen molar-refractivity contribution in [3.63, 3.8) is 0 Å². The van der Waals surface area contributed by atoms with Gasteiger partial charge in [0.25, 0.3) is 0 Å². The van der Waals surface area contributed by atoms with Crippen LogP contribution in [0.25, 0.3) is 0 Å². The van der Waals surface area contributed by atoms with Crippen molar-refractivity contribution in [3.8, 4) is 5.75 Å². The molecule has 8 rings (SSSR count). The number of alkyl halides is 18. The van der Waals surface area contributed by atoms with Crippen LogP contribution in [0.2, 0.25) is 20.1 Å². The number of methoxy groups -OCH3 is 1. The predicted molar refractivity (Wildman–Crippen MR) is 390 cm³/mol. The topological polar surface area (TPSA) is 9.23 Å². The summed E-state index contributed by atoms with van der Waals surface area (Å²) >= 11 is 23.2. The molecule has 0 saturated carbocycles. The van der Waals surface area contributed by atoms with E-state index >= 15 is 0 Å². The lowest BCUT2D eigenvalue weighted by atomic mass is 9.94. The molecular formula is C81H89Cl4F21O. The van der Waals surface area contributed by atoms with Gasteiger partial charge in [-0.1, -0.05) is 169 Å². The third-order valence-electron chi connectivity index (χ3n) is 15.6. The summed E-state index contributed by atoms with van der Waals surface area (Å²) in [6.45, 7) is 33.5. The molecular weight excluding hydrogens is 1530 g/mol. The van der Waals surface area contributed by atoms with E-state index < -0.39 is 93.8 Å². The number of ether oxygens (including phenoxy) is 1. The molecule has 0 fully saturated rings. The average molecular weight is 1620 g/mol. The minimum atomic E-state index is -4.64. The Balaban J connectivity index is 0.000000614. The summed E-state index contributed by atoms with van der Waals surface area (Å²) in [5, 5.41) is 2.63. The fourth-order valence-electron chi connectivity index (χ4n) is 9.70. The van der Waals surface area contributed by atoms with Gasteiger partial charge in [-0.05, 0) is 244 Å². The fourth-order valence-corrected chi connectivity index (χ4v) is 10.8.